The summed E-state index contributed by atoms with van der Waals surface area (Å²) in [6, 6.07) is 2.05. The number of rotatable bonds is 6. The Morgan fingerprint density at radius 2 is 2.00 bits per heavy atom. The molecule has 108 valence electrons. The Bertz CT molecular complexity index is 571. The molecule has 0 heterocycles. The van der Waals surface area contributed by atoms with Crippen molar-refractivity contribution < 1.29 is 24.7 Å². The summed E-state index contributed by atoms with van der Waals surface area (Å²) < 4.78 is 0. The van der Waals surface area contributed by atoms with Crippen molar-refractivity contribution in [3.8, 4) is 0 Å². The third-order valence-electron chi connectivity index (χ3n) is 2.69. The number of aliphatic carboxylic acids is 1. The summed E-state index contributed by atoms with van der Waals surface area (Å²) >= 11 is 5.72. The van der Waals surface area contributed by atoms with Gasteiger partial charge in [0.2, 0.25) is 0 Å². The van der Waals surface area contributed by atoms with Gasteiger partial charge < -0.3 is 10.2 Å². The van der Waals surface area contributed by atoms with Crippen LogP contribution >= 0.6 is 11.6 Å². The summed E-state index contributed by atoms with van der Waals surface area (Å²) in [6.45, 7) is 1.82. The summed E-state index contributed by atoms with van der Waals surface area (Å²) in [6.07, 6.45) is 0.997. The largest absolute Gasteiger partial charge is 0.480 e. The minimum absolute atomic E-state index is 0.0534. The Balaban J connectivity index is 3.56. The number of carboxylic acid groups (broad SMARTS) is 2. The van der Waals surface area contributed by atoms with Crippen LogP contribution in [0.15, 0.2) is 12.1 Å². The van der Waals surface area contributed by atoms with Crippen molar-refractivity contribution in [2.45, 2.75) is 25.1 Å². The van der Waals surface area contributed by atoms with E-state index in [1.807, 2.05) is 6.92 Å². The Kier molecular flexibility index (Phi) is 5.04. The van der Waals surface area contributed by atoms with Crippen LogP contribution in [-0.2, 0) is 11.2 Å². The molecule has 0 aliphatic rings. The predicted molar refractivity (Wildman–Crippen MR) is 70.3 cm³/mol. The maximum absolute atomic E-state index is 11.0. The van der Waals surface area contributed by atoms with Gasteiger partial charge in [-0.3, -0.25) is 14.9 Å². The molecule has 0 aromatic heterocycles. The van der Waals surface area contributed by atoms with E-state index in [0.717, 1.165) is 12.1 Å². The van der Waals surface area contributed by atoms with Crippen LogP contribution in [-0.4, -0.2) is 27.1 Å². The molecule has 0 saturated carbocycles. The Morgan fingerprint density at radius 3 is 2.40 bits per heavy atom. The van der Waals surface area contributed by atoms with Crippen molar-refractivity contribution in [2.24, 2.45) is 0 Å². The summed E-state index contributed by atoms with van der Waals surface area (Å²) in [5.74, 6) is -2.79. The molecule has 0 amide bonds. The fraction of sp³-hybridized carbons (Fsp3) is 0.333. The lowest BCUT2D eigenvalue weighted by molar-refractivity contribution is -0.385. The van der Waals surface area contributed by atoms with Crippen LogP contribution in [0.4, 0.5) is 5.69 Å². The molecule has 0 radical (unpaired) electrons. The molecule has 0 bridgehead atoms. The van der Waals surface area contributed by atoms with E-state index in [4.69, 9.17) is 21.8 Å². The lowest BCUT2D eigenvalue weighted by Gasteiger charge is -2.12. The van der Waals surface area contributed by atoms with Crippen LogP contribution in [0.1, 0.15) is 40.2 Å². The van der Waals surface area contributed by atoms with Crippen molar-refractivity contribution >= 4 is 29.2 Å². The third-order valence-corrected chi connectivity index (χ3v) is 3.12. The molecule has 2 N–H and O–H groups in total. The van der Waals surface area contributed by atoms with Gasteiger partial charge in [0.15, 0.2) is 5.38 Å². The van der Waals surface area contributed by atoms with Crippen molar-refractivity contribution in [3.05, 3.63) is 38.9 Å². The van der Waals surface area contributed by atoms with Gasteiger partial charge in [-0.1, -0.05) is 13.3 Å². The SMILES string of the molecule is CCCc1cc(C(=O)O)c([N+](=O)[O-])cc1C(Cl)C(=O)O. The molecule has 1 aromatic rings. The maximum atomic E-state index is 11.0. The van der Waals surface area contributed by atoms with Gasteiger partial charge in [0, 0.05) is 6.07 Å². The molecule has 8 heteroatoms. The average Bonchev–Trinajstić information content (AvgIpc) is 2.37. The van der Waals surface area contributed by atoms with Crippen LogP contribution in [0, 0.1) is 10.1 Å². The quantitative estimate of drug-likeness (QED) is 0.473. The fourth-order valence-electron chi connectivity index (χ4n) is 1.83. The number of aromatic carboxylic acids is 1. The number of nitro groups is 1. The van der Waals surface area contributed by atoms with E-state index in [2.05, 4.69) is 0 Å². The first-order valence-electron chi connectivity index (χ1n) is 5.71. The van der Waals surface area contributed by atoms with Crippen molar-refractivity contribution in [1.29, 1.82) is 0 Å². The number of nitro benzene ring substituents is 1. The molecular weight excluding hydrogens is 290 g/mol. The number of carbonyl (C=O) groups is 2. The molecule has 1 rings (SSSR count). The Labute approximate surface area is 118 Å². The molecule has 0 saturated heterocycles. The number of benzene rings is 1. The highest BCUT2D eigenvalue weighted by atomic mass is 35.5. The number of hydrogen-bond acceptors (Lipinski definition) is 4. The second-order valence-corrected chi connectivity index (χ2v) is 4.52. The van der Waals surface area contributed by atoms with Gasteiger partial charge >= 0.3 is 11.9 Å². The van der Waals surface area contributed by atoms with Crippen LogP contribution < -0.4 is 0 Å². The van der Waals surface area contributed by atoms with Gasteiger partial charge in [-0.05, 0) is 23.6 Å². The zero-order valence-corrected chi connectivity index (χ0v) is 11.3. The van der Waals surface area contributed by atoms with E-state index in [1.54, 1.807) is 0 Å². The minimum Gasteiger partial charge on any atom is -0.480 e. The highest BCUT2D eigenvalue weighted by Crippen LogP contribution is 2.32. The van der Waals surface area contributed by atoms with Gasteiger partial charge in [0.25, 0.3) is 5.69 Å². The van der Waals surface area contributed by atoms with Crippen molar-refractivity contribution in [2.75, 3.05) is 0 Å². The average molecular weight is 302 g/mol. The summed E-state index contributed by atoms with van der Waals surface area (Å²) in [5, 5.41) is 27.3. The van der Waals surface area contributed by atoms with E-state index >= 15 is 0 Å². The molecule has 1 atom stereocenters. The fourth-order valence-corrected chi connectivity index (χ4v) is 2.03. The lowest BCUT2D eigenvalue weighted by Crippen LogP contribution is -2.11. The Hall–Kier alpha value is -2.15. The summed E-state index contributed by atoms with van der Waals surface area (Å²) in [5.41, 5.74) is -0.702. The van der Waals surface area contributed by atoms with E-state index in [9.17, 15) is 19.7 Å². The summed E-state index contributed by atoms with van der Waals surface area (Å²) in [7, 11) is 0. The molecule has 0 spiro atoms. The zero-order valence-electron chi connectivity index (χ0n) is 10.5. The van der Waals surface area contributed by atoms with Crippen LogP contribution in [0.2, 0.25) is 0 Å². The molecule has 0 fully saturated rings. The van der Waals surface area contributed by atoms with Gasteiger partial charge in [-0.25, -0.2) is 4.79 Å². The molecule has 0 aliphatic carbocycles. The Morgan fingerprint density at radius 1 is 1.40 bits per heavy atom. The molecule has 1 unspecified atom stereocenters. The van der Waals surface area contributed by atoms with Gasteiger partial charge in [-0.2, -0.15) is 0 Å². The smallest absolute Gasteiger partial charge is 0.342 e. The first-order valence-corrected chi connectivity index (χ1v) is 6.14. The highest BCUT2D eigenvalue weighted by Gasteiger charge is 2.27. The zero-order chi connectivity index (χ0) is 15.4. The maximum Gasteiger partial charge on any atom is 0.342 e. The van der Waals surface area contributed by atoms with Crippen molar-refractivity contribution in [1.82, 2.24) is 0 Å². The standard InChI is InChI=1S/C12H12ClNO6/c1-2-3-6-4-8(11(15)16)9(14(19)20)5-7(6)10(13)12(17)18/h4-5,10H,2-3H2,1H3,(H,15,16)(H,17,18). The minimum atomic E-state index is -1.46. The monoisotopic (exact) mass is 301 g/mol. The van der Waals surface area contributed by atoms with Crippen LogP contribution in [0.5, 0.6) is 0 Å². The number of hydrogen-bond donors (Lipinski definition) is 2. The molecule has 20 heavy (non-hydrogen) atoms. The normalized spacial score (nSPS) is 11.9. The molecule has 1 aromatic carbocycles. The summed E-state index contributed by atoms with van der Waals surface area (Å²) in [4.78, 5) is 32.0. The second-order valence-electron chi connectivity index (χ2n) is 4.08. The molecule has 7 nitrogen and oxygen atoms in total. The van der Waals surface area contributed by atoms with Gasteiger partial charge in [0.1, 0.15) is 5.56 Å². The number of nitrogens with zero attached hydrogens (tertiary/aromatic N) is 1. The van der Waals surface area contributed by atoms with E-state index < -0.39 is 33.5 Å². The number of alkyl halides is 1. The predicted octanol–water partition coefficient (Wildman–Crippen LogP) is 2.61. The molecule has 0 aliphatic heterocycles. The van der Waals surface area contributed by atoms with Crippen LogP contribution in [0.25, 0.3) is 0 Å². The molecular formula is C12H12ClNO6. The first-order chi connectivity index (χ1) is 9.29. The second kappa shape index (κ2) is 6.33. The topological polar surface area (TPSA) is 118 Å². The van der Waals surface area contributed by atoms with Gasteiger partial charge in [-0.15, -0.1) is 11.6 Å². The first kappa shape index (κ1) is 15.9. The van der Waals surface area contributed by atoms with Crippen molar-refractivity contribution in [3.63, 3.8) is 0 Å². The third kappa shape index (κ3) is 3.24. The van der Waals surface area contributed by atoms with E-state index in [0.29, 0.717) is 18.4 Å². The van der Waals surface area contributed by atoms with Crippen LogP contribution in [0.3, 0.4) is 0 Å². The van der Waals surface area contributed by atoms with E-state index in [-0.39, 0.29) is 5.56 Å². The number of halogens is 1. The lowest BCUT2D eigenvalue weighted by atomic mass is 9.96. The number of aryl methyl sites for hydroxylation is 1. The number of carboxylic acids is 2. The highest BCUT2D eigenvalue weighted by molar-refractivity contribution is 6.29. The van der Waals surface area contributed by atoms with Gasteiger partial charge in [0.05, 0.1) is 4.92 Å². The van der Waals surface area contributed by atoms with E-state index in [1.165, 1.54) is 0 Å².